The first-order valence-electron chi connectivity index (χ1n) is 3.81. The van der Waals surface area contributed by atoms with Crippen molar-refractivity contribution >= 4 is 16.1 Å². The van der Waals surface area contributed by atoms with Gasteiger partial charge in [0.1, 0.15) is 0 Å². The molecule has 0 aromatic heterocycles. The highest BCUT2D eigenvalue weighted by molar-refractivity contribution is 7.44. The van der Waals surface area contributed by atoms with Gasteiger partial charge in [-0.3, -0.25) is 0 Å². The van der Waals surface area contributed by atoms with E-state index in [0.717, 1.165) is 0 Å². The summed E-state index contributed by atoms with van der Waals surface area (Å²) in [4.78, 5) is 9.62. The molecule has 0 saturated carbocycles. The minimum absolute atomic E-state index is 0.436. The third kappa shape index (κ3) is 2.10. The molecule has 13 heavy (non-hydrogen) atoms. The lowest BCUT2D eigenvalue weighted by molar-refractivity contribution is -0.495. The summed E-state index contributed by atoms with van der Waals surface area (Å²) in [7, 11) is -3.47. The Morgan fingerprint density at radius 3 is 2.08 bits per heavy atom. The molecule has 2 rings (SSSR count). The Kier molecular flexibility index (Phi) is 2.70. The van der Waals surface area contributed by atoms with Crippen LogP contribution in [0.2, 0.25) is 0 Å². The zero-order valence-corrected chi connectivity index (χ0v) is 8.46. The SMILES string of the molecule is O=[P+]1CCC2(CC1)OO[P+](=O)OO2. The summed E-state index contributed by atoms with van der Waals surface area (Å²) in [5, 5.41) is 0. The molecule has 1 spiro atoms. The molecule has 0 aliphatic carbocycles. The van der Waals surface area contributed by atoms with Gasteiger partial charge in [0, 0.05) is 4.57 Å². The Hall–Kier alpha value is 0.0400. The Bertz CT molecular complexity index is 204. The zero-order valence-electron chi connectivity index (χ0n) is 6.67. The average Bonchev–Trinajstić information content (AvgIpc) is 2.16. The minimum Gasteiger partial charge on any atom is -0.148 e. The minimum atomic E-state index is -2.32. The summed E-state index contributed by atoms with van der Waals surface area (Å²) in [5.74, 6) is -0.994. The van der Waals surface area contributed by atoms with E-state index in [1.807, 2.05) is 0 Å². The predicted octanol–water partition coefficient (Wildman–Crippen LogP) is 1.87. The zero-order chi connectivity index (χ0) is 9.31. The fourth-order valence-corrected chi connectivity index (χ4v) is 3.04. The van der Waals surface area contributed by atoms with Gasteiger partial charge in [-0.05, 0) is 0 Å². The van der Waals surface area contributed by atoms with Crippen LogP contribution in [-0.2, 0) is 28.3 Å². The van der Waals surface area contributed by atoms with Crippen molar-refractivity contribution in [2.75, 3.05) is 12.3 Å². The van der Waals surface area contributed by atoms with Crippen LogP contribution >= 0.6 is 16.1 Å². The second-order valence-electron chi connectivity index (χ2n) is 2.88. The van der Waals surface area contributed by atoms with Gasteiger partial charge in [0.2, 0.25) is 0 Å². The molecule has 0 unspecified atom stereocenters. The molecule has 0 aromatic carbocycles. The van der Waals surface area contributed by atoms with Crippen molar-refractivity contribution < 1.29 is 28.3 Å². The molecule has 0 N–H and O–H groups in total. The smallest absolute Gasteiger partial charge is 0.148 e. The third-order valence-corrected chi connectivity index (χ3v) is 3.82. The van der Waals surface area contributed by atoms with E-state index in [-0.39, 0.29) is 0 Å². The van der Waals surface area contributed by atoms with E-state index in [2.05, 4.69) is 9.35 Å². The highest BCUT2D eigenvalue weighted by Gasteiger charge is 2.52. The lowest BCUT2D eigenvalue weighted by atomic mass is 10.1. The van der Waals surface area contributed by atoms with Crippen molar-refractivity contribution in [1.82, 2.24) is 0 Å². The fourth-order valence-electron chi connectivity index (χ4n) is 1.22. The molecule has 2 aliphatic heterocycles. The molecule has 2 heterocycles. The van der Waals surface area contributed by atoms with E-state index < -0.39 is 21.8 Å². The maximum absolute atomic E-state index is 11.1. The summed E-state index contributed by atoms with van der Waals surface area (Å²) in [6.45, 7) is 0. The summed E-state index contributed by atoms with van der Waals surface area (Å²) in [6, 6.07) is 0. The molecule has 0 radical (unpaired) electrons. The molecule has 6 nitrogen and oxygen atoms in total. The first-order valence-corrected chi connectivity index (χ1v) is 6.54. The van der Waals surface area contributed by atoms with Gasteiger partial charge in [0.15, 0.2) is 12.3 Å². The summed E-state index contributed by atoms with van der Waals surface area (Å²) in [6.07, 6.45) is 1.90. The molecule has 72 valence electrons. The van der Waals surface area contributed by atoms with Gasteiger partial charge in [-0.2, -0.15) is 0 Å². The van der Waals surface area contributed by atoms with Crippen molar-refractivity contribution in [2.45, 2.75) is 18.6 Å². The Morgan fingerprint density at radius 2 is 1.54 bits per heavy atom. The van der Waals surface area contributed by atoms with Crippen molar-refractivity contribution in [3.63, 3.8) is 0 Å². The Balaban J connectivity index is 1.98. The van der Waals surface area contributed by atoms with Crippen molar-refractivity contribution in [3.8, 4) is 0 Å². The van der Waals surface area contributed by atoms with Gasteiger partial charge in [0.05, 0.1) is 22.2 Å². The van der Waals surface area contributed by atoms with E-state index in [4.69, 9.17) is 9.78 Å². The fraction of sp³-hybridized carbons (Fsp3) is 1.00. The van der Waals surface area contributed by atoms with Crippen LogP contribution in [0.25, 0.3) is 0 Å². The average molecular weight is 226 g/mol. The largest absolute Gasteiger partial charge is 0.760 e. The van der Waals surface area contributed by atoms with Crippen LogP contribution < -0.4 is 0 Å². The maximum Gasteiger partial charge on any atom is 0.760 e. The van der Waals surface area contributed by atoms with Crippen LogP contribution in [0, 0.1) is 0 Å². The maximum atomic E-state index is 11.1. The van der Waals surface area contributed by atoms with Crippen LogP contribution in [0.1, 0.15) is 12.8 Å². The molecule has 8 heteroatoms. The third-order valence-electron chi connectivity index (χ3n) is 1.98. The van der Waals surface area contributed by atoms with Crippen molar-refractivity contribution in [3.05, 3.63) is 0 Å². The molecular formula is C5H8O6P2+2. The molecule has 0 aromatic rings. The molecule has 2 saturated heterocycles. The second kappa shape index (κ2) is 3.65. The summed E-state index contributed by atoms with van der Waals surface area (Å²) in [5.41, 5.74) is 0. The highest BCUT2D eigenvalue weighted by Crippen LogP contribution is 2.45. The van der Waals surface area contributed by atoms with E-state index in [1.54, 1.807) is 0 Å². The quantitative estimate of drug-likeness (QED) is 0.463. The standard InChI is InChI=1S/C5H8O6P2/c6-12-3-1-5(2-4-12)8-10-13(7)11-9-5/h1-4H2/q+2. The lowest BCUT2D eigenvalue weighted by Crippen LogP contribution is -2.40. The highest BCUT2D eigenvalue weighted by atomic mass is 31.1. The summed E-state index contributed by atoms with van der Waals surface area (Å²) >= 11 is 0. The number of hydrogen-bond donors (Lipinski definition) is 0. The van der Waals surface area contributed by atoms with Crippen LogP contribution in [-0.4, -0.2) is 18.1 Å². The van der Waals surface area contributed by atoms with Crippen molar-refractivity contribution in [1.29, 1.82) is 0 Å². The molecule has 0 amide bonds. The van der Waals surface area contributed by atoms with E-state index in [9.17, 15) is 9.13 Å². The van der Waals surface area contributed by atoms with Crippen LogP contribution in [0.4, 0.5) is 0 Å². The summed E-state index contributed by atoms with van der Waals surface area (Å²) < 4.78 is 30.3. The predicted molar refractivity (Wildman–Crippen MR) is 41.3 cm³/mol. The molecular weight excluding hydrogens is 218 g/mol. The van der Waals surface area contributed by atoms with Gasteiger partial charge >= 0.3 is 16.1 Å². The first-order chi connectivity index (χ1) is 6.20. The van der Waals surface area contributed by atoms with Crippen molar-refractivity contribution in [2.24, 2.45) is 0 Å². The molecule has 0 bridgehead atoms. The molecule has 2 fully saturated rings. The number of rotatable bonds is 0. The number of hydrogen-bond acceptors (Lipinski definition) is 6. The monoisotopic (exact) mass is 226 g/mol. The van der Waals surface area contributed by atoms with Crippen LogP contribution in [0.3, 0.4) is 0 Å². The topological polar surface area (TPSA) is 71.1 Å². The van der Waals surface area contributed by atoms with Crippen LogP contribution in [0.15, 0.2) is 0 Å². The second-order valence-corrected chi connectivity index (χ2v) is 5.48. The molecule has 2 aliphatic rings. The molecule has 0 atom stereocenters. The van der Waals surface area contributed by atoms with E-state index in [0.29, 0.717) is 25.2 Å². The van der Waals surface area contributed by atoms with Crippen LogP contribution in [0.5, 0.6) is 0 Å². The van der Waals surface area contributed by atoms with Gasteiger partial charge in [-0.1, -0.05) is 4.57 Å². The van der Waals surface area contributed by atoms with Gasteiger partial charge < -0.3 is 0 Å². The van der Waals surface area contributed by atoms with E-state index in [1.165, 1.54) is 0 Å². The van der Waals surface area contributed by atoms with E-state index >= 15 is 0 Å². The normalized spacial score (nSPS) is 40.9. The van der Waals surface area contributed by atoms with Gasteiger partial charge in [-0.15, -0.1) is 9.78 Å². The lowest BCUT2D eigenvalue weighted by Gasteiger charge is -2.27. The van der Waals surface area contributed by atoms with Gasteiger partial charge in [-0.25, -0.2) is 0 Å². The first kappa shape index (κ1) is 9.59. The van der Waals surface area contributed by atoms with Gasteiger partial charge in [0.25, 0.3) is 5.79 Å². The Morgan fingerprint density at radius 1 is 1.00 bits per heavy atom. The Labute approximate surface area is 76.1 Å².